The van der Waals surface area contributed by atoms with E-state index in [1.807, 2.05) is 27.2 Å². The van der Waals surface area contributed by atoms with Crippen LogP contribution in [-0.4, -0.2) is 68.5 Å². The SMILES string of the molecule is CCCCCCC/C=C\C/C=C\CCCCCCCCCCCCCCCC(=O)NC(COP(=O)([O-])OCC[N+](C)(C)C)C(O)/C=C/CC/C=C/CC/C=C/CCCCCCCCCCCCCCCCCCC. The number of rotatable bonds is 58. The topological polar surface area (TPSA) is 108 Å². The number of aliphatic hydroxyl groups is 1. The van der Waals surface area contributed by atoms with E-state index in [0.717, 1.165) is 51.4 Å². The number of carbonyl (C=O) groups is 1. The molecule has 0 saturated carbocycles. The van der Waals surface area contributed by atoms with Gasteiger partial charge in [-0.2, -0.15) is 0 Å². The van der Waals surface area contributed by atoms with Gasteiger partial charge < -0.3 is 28.8 Å². The van der Waals surface area contributed by atoms with Crippen LogP contribution in [0, 0.1) is 0 Å². The molecule has 0 aromatic heterocycles. The minimum absolute atomic E-state index is 0.0102. The van der Waals surface area contributed by atoms with Gasteiger partial charge in [0, 0.05) is 6.42 Å². The highest BCUT2D eigenvalue weighted by Gasteiger charge is 2.23. The first-order valence-electron chi connectivity index (χ1n) is 31.7. The smallest absolute Gasteiger partial charge is 0.268 e. The number of phosphoric acid groups is 1. The predicted molar refractivity (Wildman–Crippen MR) is 321 cm³/mol. The molecular weight excluding hydrogens is 936 g/mol. The largest absolute Gasteiger partial charge is 0.756 e. The second-order valence-electron chi connectivity index (χ2n) is 22.7. The van der Waals surface area contributed by atoms with Gasteiger partial charge in [0.05, 0.1) is 39.9 Å². The van der Waals surface area contributed by atoms with Crippen LogP contribution in [0.15, 0.2) is 60.8 Å². The van der Waals surface area contributed by atoms with E-state index < -0.39 is 26.6 Å². The van der Waals surface area contributed by atoms with Crippen LogP contribution in [0.4, 0.5) is 0 Å². The van der Waals surface area contributed by atoms with Gasteiger partial charge in [-0.1, -0.05) is 274 Å². The molecule has 0 rings (SSSR count). The summed E-state index contributed by atoms with van der Waals surface area (Å²) in [6.07, 6.45) is 76.1. The Kier molecular flexibility index (Phi) is 54.6. The van der Waals surface area contributed by atoms with Crippen molar-refractivity contribution < 1.29 is 32.9 Å². The number of likely N-dealkylation sites (N-methyl/N-ethyl adjacent to an activating group) is 1. The monoisotopic (exact) mass is 1060 g/mol. The number of phosphoric ester groups is 1. The van der Waals surface area contributed by atoms with Gasteiger partial charge in [0.1, 0.15) is 13.2 Å². The zero-order valence-electron chi connectivity index (χ0n) is 49.5. The van der Waals surface area contributed by atoms with E-state index in [0.29, 0.717) is 17.4 Å². The van der Waals surface area contributed by atoms with E-state index in [9.17, 15) is 19.4 Å². The second-order valence-corrected chi connectivity index (χ2v) is 24.2. The number of nitrogens with zero attached hydrogens (tertiary/aromatic N) is 1. The summed E-state index contributed by atoms with van der Waals surface area (Å²) in [5, 5.41) is 13.9. The summed E-state index contributed by atoms with van der Waals surface area (Å²) < 4.78 is 23.4. The molecule has 0 spiro atoms. The Labute approximate surface area is 460 Å². The highest BCUT2D eigenvalue weighted by atomic mass is 31.2. The summed E-state index contributed by atoms with van der Waals surface area (Å²) in [6, 6.07) is -0.913. The van der Waals surface area contributed by atoms with Crippen molar-refractivity contribution in [2.45, 2.75) is 309 Å². The number of amides is 1. The molecule has 8 nitrogen and oxygen atoms in total. The summed E-state index contributed by atoms with van der Waals surface area (Å²) in [5.74, 6) is -0.210. The normalized spacial score (nSPS) is 14.2. The van der Waals surface area contributed by atoms with Crippen LogP contribution in [0.5, 0.6) is 0 Å². The molecule has 9 heteroatoms. The first kappa shape index (κ1) is 72.2. The van der Waals surface area contributed by atoms with Gasteiger partial charge in [-0.05, 0) is 77.0 Å². The molecule has 0 aliphatic heterocycles. The van der Waals surface area contributed by atoms with Crippen molar-refractivity contribution in [1.82, 2.24) is 5.32 Å². The number of quaternary nitrogens is 1. The van der Waals surface area contributed by atoms with Crippen molar-refractivity contribution in [2.24, 2.45) is 0 Å². The predicted octanol–water partition coefficient (Wildman–Crippen LogP) is 19.0. The highest BCUT2D eigenvalue weighted by molar-refractivity contribution is 7.45. The lowest BCUT2D eigenvalue weighted by Gasteiger charge is -2.29. The fourth-order valence-electron chi connectivity index (χ4n) is 9.22. The molecule has 74 heavy (non-hydrogen) atoms. The van der Waals surface area contributed by atoms with E-state index in [-0.39, 0.29) is 12.5 Å². The molecule has 3 unspecified atom stereocenters. The molecule has 1 amide bonds. The standard InChI is InChI=1S/C65H123N2O6P/c1-6-8-10-12-14-16-18-20-22-24-26-28-30-32-33-35-36-38-40-42-44-46-48-50-52-54-56-58-64(68)63(62-73-74(70,71)72-61-60-67(3,4)5)66-65(69)59-57-55-53-51-49-47-45-43-41-39-37-34-31-29-27-25-23-21-19-17-15-13-11-9-7-2/h19,21,25,27,40,42,48,50,56,58,63-64,68H,6-18,20,22-24,26,28-39,41,43-47,49,51-55,57,59-62H2,1-5H3,(H-,66,69,70,71)/b21-19-,27-25-,42-40+,50-48+,58-56+. The van der Waals surface area contributed by atoms with Gasteiger partial charge >= 0.3 is 0 Å². The Bertz CT molecular complexity index is 1390. The van der Waals surface area contributed by atoms with Crippen LogP contribution in [0.25, 0.3) is 0 Å². The second kappa shape index (κ2) is 55.9. The van der Waals surface area contributed by atoms with Crippen LogP contribution in [-0.2, 0) is 18.4 Å². The highest BCUT2D eigenvalue weighted by Crippen LogP contribution is 2.38. The van der Waals surface area contributed by atoms with Crippen LogP contribution in [0.3, 0.4) is 0 Å². The summed E-state index contributed by atoms with van der Waals surface area (Å²) >= 11 is 0. The molecule has 2 N–H and O–H groups in total. The molecule has 0 fully saturated rings. The Hall–Kier alpha value is -1.80. The zero-order valence-corrected chi connectivity index (χ0v) is 50.4. The molecule has 0 aromatic carbocycles. The van der Waals surface area contributed by atoms with Gasteiger partial charge in [-0.25, -0.2) is 0 Å². The van der Waals surface area contributed by atoms with Gasteiger partial charge in [-0.3, -0.25) is 9.36 Å². The molecular formula is C65H123N2O6P. The van der Waals surface area contributed by atoms with Gasteiger partial charge in [0.25, 0.3) is 7.82 Å². The maximum atomic E-state index is 13.0. The van der Waals surface area contributed by atoms with Crippen LogP contribution >= 0.6 is 7.82 Å². The number of hydrogen-bond donors (Lipinski definition) is 2. The lowest BCUT2D eigenvalue weighted by atomic mass is 10.0. The molecule has 0 heterocycles. The van der Waals surface area contributed by atoms with E-state index >= 15 is 0 Å². The lowest BCUT2D eigenvalue weighted by Crippen LogP contribution is -2.45. The van der Waals surface area contributed by atoms with Gasteiger partial charge in [0.2, 0.25) is 5.91 Å². The molecule has 0 saturated heterocycles. The fraction of sp³-hybridized carbons (Fsp3) is 0.831. The van der Waals surface area contributed by atoms with Crippen molar-refractivity contribution in [2.75, 3.05) is 40.9 Å². The fourth-order valence-corrected chi connectivity index (χ4v) is 9.94. The molecule has 0 aliphatic carbocycles. The third-order valence-electron chi connectivity index (χ3n) is 14.2. The summed E-state index contributed by atoms with van der Waals surface area (Å²) in [6.45, 7) is 4.64. The Morgan fingerprint density at radius 3 is 1.18 bits per heavy atom. The first-order valence-corrected chi connectivity index (χ1v) is 33.1. The summed E-state index contributed by atoms with van der Waals surface area (Å²) in [7, 11) is 1.24. The minimum atomic E-state index is -4.61. The third kappa shape index (κ3) is 57.9. The summed E-state index contributed by atoms with van der Waals surface area (Å²) in [5.41, 5.74) is 0. The number of allylic oxidation sites excluding steroid dienone is 9. The number of hydrogen-bond acceptors (Lipinski definition) is 6. The molecule has 0 bridgehead atoms. The van der Waals surface area contributed by atoms with Crippen molar-refractivity contribution in [1.29, 1.82) is 0 Å². The molecule has 0 aromatic rings. The van der Waals surface area contributed by atoms with Crippen LogP contribution in [0.2, 0.25) is 0 Å². The van der Waals surface area contributed by atoms with E-state index in [1.54, 1.807) is 6.08 Å². The summed E-state index contributed by atoms with van der Waals surface area (Å²) in [4.78, 5) is 25.6. The number of carbonyl (C=O) groups excluding carboxylic acids is 1. The van der Waals surface area contributed by atoms with E-state index in [4.69, 9.17) is 9.05 Å². The maximum Gasteiger partial charge on any atom is 0.268 e. The molecule has 434 valence electrons. The Morgan fingerprint density at radius 1 is 0.473 bits per heavy atom. The van der Waals surface area contributed by atoms with Crippen molar-refractivity contribution in [3.8, 4) is 0 Å². The number of aliphatic hydroxyl groups excluding tert-OH is 1. The van der Waals surface area contributed by atoms with Gasteiger partial charge in [0.15, 0.2) is 0 Å². The molecule has 0 aliphatic rings. The van der Waals surface area contributed by atoms with E-state index in [2.05, 4.69) is 67.8 Å². The zero-order chi connectivity index (χ0) is 54.2. The maximum absolute atomic E-state index is 13.0. The number of nitrogens with one attached hydrogen (secondary N) is 1. The minimum Gasteiger partial charge on any atom is -0.756 e. The third-order valence-corrected chi connectivity index (χ3v) is 15.1. The Balaban J connectivity index is 4.22. The van der Waals surface area contributed by atoms with Crippen LogP contribution < -0.4 is 10.2 Å². The average molecular weight is 1060 g/mol. The molecule has 0 radical (unpaired) electrons. The average Bonchev–Trinajstić information content (AvgIpc) is 3.36. The lowest BCUT2D eigenvalue weighted by molar-refractivity contribution is -0.870. The van der Waals surface area contributed by atoms with Crippen molar-refractivity contribution in [3.05, 3.63) is 60.8 Å². The Morgan fingerprint density at radius 2 is 0.797 bits per heavy atom. The van der Waals surface area contributed by atoms with Crippen molar-refractivity contribution in [3.63, 3.8) is 0 Å². The number of unbranched alkanes of at least 4 members (excludes halogenated alkanes) is 37. The van der Waals surface area contributed by atoms with Crippen LogP contribution in [0.1, 0.15) is 296 Å². The molecule has 3 atom stereocenters. The van der Waals surface area contributed by atoms with Gasteiger partial charge in [-0.15, -0.1) is 0 Å². The quantitative estimate of drug-likeness (QED) is 0.0272. The van der Waals surface area contributed by atoms with Crippen molar-refractivity contribution >= 4 is 13.7 Å². The first-order chi connectivity index (χ1) is 36.0. The van der Waals surface area contributed by atoms with E-state index in [1.165, 1.54) is 225 Å².